The van der Waals surface area contributed by atoms with Gasteiger partial charge in [0, 0.05) is 31.3 Å². The molecule has 2 aliphatic rings. The van der Waals surface area contributed by atoms with E-state index in [-0.39, 0.29) is 11.9 Å². The number of hydrogen-bond donors (Lipinski definition) is 0. The first-order valence-corrected chi connectivity index (χ1v) is 12.6. The van der Waals surface area contributed by atoms with Crippen LogP contribution in [0.25, 0.3) is 22.8 Å². The van der Waals surface area contributed by atoms with Crippen molar-refractivity contribution in [3.8, 4) is 34.4 Å². The Bertz CT molecular complexity index is 1520. The van der Waals surface area contributed by atoms with E-state index in [1.165, 1.54) is 10.9 Å². The van der Waals surface area contributed by atoms with E-state index in [0.717, 1.165) is 30.3 Å². The number of aryl methyl sites for hydroxylation is 1. The maximum Gasteiger partial charge on any atom is 0.434 e. The number of rotatable bonds is 6. The third kappa shape index (κ3) is 4.75. The molecule has 0 bridgehead atoms. The van der Waals surface area contributed by atoms with Gasteiger partial charge in [0.2, 0.25) is 5.88 Å². The highest BCUT2D eigenvalue weighted by Gasteiger charge is 2.35. The van der Waals surface area contributed by atoms with Crippen LogP contribution in [0, 0.1) is 0 Å². The molecule has 1 unspecified atom stereocenters. The van der Waals surface area contributed by atoms with Crippen LogP contribution in [0.5, 0.6) is 11.6 Å². The zero-order valence-electron chi connectivity index (χ0n) is 21.6. The number of hydrogen-bond acceptors (Lipinski definition) is 8. The number of nitrogens with zero attached hydrogens (tertiary/aromatic N) is 7. The normalized spacial score (nSPS) is 17.1. The highest BCUT2D eigenvalue weighted by molar-refractivity contribution is 5.69. The molecule has 0 spiro atoms. The molecule has 4 heterocycles. The van der Waals surface area contributed by atoms with Crippen LogP contribution in [0.15, 0.2) is 43.0 Å². The minimum atomic E-state index is -4.49. The molecule has 1 aromatic carbocycles. The van der Waals surface area contributed by atoms with Crippen LogP contribution in [0.1, 0.15) is 42.6 Å². The fourth-order valence-electron chi connectivity index (χ4n) is 4.77. The molecule has 1 fully saturated rings. The summed E-state index contributed by atoms with van der Waals surface area (Å²) in [5, 5.41) is 0. The van der Waals surface area contributed by atoms with Crippen molar-refractivity contribution in [2.24, 2.45) is 7.05 Å². The topological polar surface area (TPSA) is 91.1 Å². The number of aromatic nitrogens is 6. The quantitative estimate of drug-likeness (QED) is 0.339. The van der Waals surface area contributed by atoms with Gasteiger partial charge in [0.15, 0.2) is 23.1 Å². The standard InChI is InChI=1S/C27H26F3N7O2/c1-15-13-39-19-10-31-23(21-22(17-8-9-17)32-14-33-26(21)38-3)35-25(19)37(15)11-16-4-6-18(7-5-16)24-34-20(12-36(24)2)27(28,29)30/h4-7,10,12,14-15,17H,8-9,11,13H2,1-3H3. The molecule has 12 heteroatoms. The van der Waals surface area contributed by atoms with Crippen molar-refractivity contribution in [3.05, 3.63) is 59.9 Å². The van der Waals surface area contributed by atoms with Gasteiger partial charge in [-0.1, -0.05) is 24.3 Å². The first kappa shape index (κ1) is 25.1. The number of ether oxygens (including phenoxy) is 2. The van der Waals surface area contributed by atoms with E-state index in [4.69, 9.17) is 14.5 Å². The van der Waals surface area contributed by atoms with Gasteiger partial charge in [0.05, 0.1) is 25.0 Å². The van der Waals surface area contributed by atoms with Crippen molar-refractivity contribution in [1.82, 2.24) is 29.5 Å². The van der Waals surface area contributed by atoms with E-state index in [1.54, 1.807) is 32.5 Å². The molecule has 39 heavy (non-hydrogen) atoms. The van der Waals surface area contributed by atoms with Gasteiger partial charge in [-0.15, -0.1) is 0 Å². The summed E-state index contributed by atoms with van der Waals surface area (Å²) in [7, 11) is 3.12. The van der Waals surface area contributed by atoms with E-state index in [2.05, 4.69) is 24.8 Å². The fraction of sp³-hybridized carbons (Fsp3) is 0.370. The Hall–Kier alpha value is -4.22. The Morgan fingerprint density at radius 3 is 2.51 bits per heavy atom. The zero-order chi connectivity index (χ0) is 27.3. The van der Waals surface area contributed by atoms with Gasteiger partial charge in [-0.3, -0.25) is 0 Å². The second-order valence-corrected chi connectivity index (χ2v) is 9.84. The smallest absolute Gasteiger partial charge is 0.434 e. The summed E-state index contributed by atoms with van der Waals surface area (Å²) in [6, 6.07) is 7.36. The number of alkyl halides is 3. The molecule has 0 N–H and O–H groups in total. The Morgan fingerprint density at radius 1 is 1.08 bits per heavy atom. The van der Waals surface area contributed by atoms with E-state index < -0.39 is 11.9 Å². The van der Waals surface area contributed by atoms with Crippen molar-refractivity contribution in [3.63, 3.8) is 0 Å². The molecule has 1 aliphatic carbocycles. The fourth-order valence-corrected chi connectivity index (χ4v) is 4.77. The predicted octanol–water partition coefficient (Wildman–Crippen LogP) is 5.03. The van der Waals surface area contributed by atoms with E-state index >= 15 is 0 Å². The van der Waals surface area contributed by atoms with Gasteiger partial charge in [-0.25, -0.2) is 24.9 Å². The molecule has 1 saturated carbocycles. The maximum absolute atomic E-state index is 13.1. The summed E-state index contributed by atoms with van der Waals surface area (Å²) in [4.78, 5) is 24.2. The monoisotopic (exact) mass is 537 g/mol. The highest BCUT2D eigenvalue weighted by Crippen LogP contribution is 2.45. The Balaban J connectivity index is 1.31. The first-order valence-electron chi connectivity index (χ1n) is 12.6. The Morgan fingerprint density at radius 2 is 1.85 bits per heavy atom. The third-order valence-electron chi connectivity index (χ3n) is 6.98. The summed E-state index contributed by atoms with van der Waals surface area (Å²) in [5.74, 6) is 2.72. The summed E-state index contributed by atoms with van der Waals surface area (Å²) in [6.45, 7) is 3.03. The lowest BCUT2D eigenvalue weighted by molar-refractivity contribution is -0.140. The summed E-state index contributed by atoms with van der Waals surface area (Å²) < 4.78 is 52.2. The van der Waals surface area contributed by atoms with E-state index in [0.29, 0.717) is 53.5 Å². The van der Waals surface area contributed by atoms with Crippen molar-refractivity contribution in [2.75, 3.05) is 18.6 Å². The molecule has 0 radical (unpaired) electrons. The van der Waals surface area contributed by atoms with Crippen LogP contribution in [-0.4, -0.2) is 49.2 Å². The van der Waals surface area contributed by atoms with Gasteiger partial charge in [-0.05, 0) is 25.3 Å². The van der Waals surface area contributed by atoms with E-state index in [9.17, 15) is 13.2 Å². The van der Waals surface area contributed by atoms with Crippen LogP contribution in [-0.2, 0) is 19.8 Å². The van der Waals surface area contributed by atoms with Crippen molar-refractivity contribution in [2.45, 2.75) is 44.4 Å². The molecule has 9 nitrogen and oxygen atoms in total. The third-order valence-corrected chi connectivity index (χ3v) is 6.98. The molecule has 0 amide bonds. The summed E-state index contributed by atoms with van der Waals surface area (Å²) in [6.07, 6.45) is 1.78. The van der Waals surface area contributed by atoms with Gasteiger partial charge in [0.25, 0.3) is 0 Å². The van der Waals surface area contributed by atoms with Crippen LogP contribution < -0.4 is 14.4 Å². The molecular weight excluding hydrogens is 511 g/mol. The van der Waals surface area contributed by atoms with Crippen molar-refractivity contribution in [1.29, 1.82) is 0 Å². The molecule has 3 aromatic heterocycles. The Kier molecular flexibility index (Phi) is 6.12. The molecule has 202 valence electrons. The average molecular weight is 538 g/mol. The lowest BCUT2D eigenvalue weighted by Gasteiger charge is -2.35. The lowest BCUT2D eigenvalue weighted by atomic mass is 10.1. The predicted molar refractivity (Wildman–Crippen MR) is 136 cm³/mol. The van der Waals surface area contributed by atoms with Crippen LogP contribution in [0.3, 0.4) is 0 Å². The highest BCUT2D eigenvalue weighted by atomic mass is 19.4. The van der Waals surface area contributed by atoms with Crippen LogP contribution >= 0.6 is 0 Å². The van der Waals surface area contributed by atoms with Gasteiger partial charge >= 0.3 is 6.18 Å². The SMILES string of the molecule is COc1ncnc(C2CC2)c1-c1ncc2c(n1)N(Cc1ccc(-c3nc(C(F)(F)F)cn3C)cc1)C(C)CO2. The van der Waals surface area contributed by atoms with E-state index in [1.807, 2.05) is 19.1 Å². The second-order valence-electron chi connectivity index (χ2n) is 9.84. The molecule has 1 atom stereocenters. The number of imidazole rings is 1. The number of methoxy groups -OCH3 is 1. The minimum Gasteiger partial charge on any atom is -0.486 e. The minimum absolute atomic E-state index is 0.0145. The summed E-state index contributed by atoms with van der Waals surface area (Å²) in [5.41, 5.74) is 2.23. The van der Waals surface area contributed by atoms with Crippen molar-refractivity contribution >= 4 is 5.82 Å². The van der Waals surface area contributed by atoms with Gasteiger partial charge in [0.1, 0.15) is 24.3 Å². The van der Waals surface area contributed by atoms with Gasteiger partial charge < -0.3 is 18.9 Å². The van der Waals surface area contributed by atoms with Gasteiger partial charge in [-0.2, -0.15) is 13.2 Å². The van der Waals surface area contributed by atoms with Crippen LogP contribution in [0.4, 0.5) is 19.0 Å². The lowest BCUT2D eigenvalue weighted by Crippen LogP contribution is -2.41. The van der Waals surface area contributed by atoms with Crippen LogP contribution in [0.2, 0.25) is 0 Å². The number of fused-ring (bicyclic) bond motifs is 1. The molecule has 4 aromatic rings. The average Bonchev–Trinajstić information content (AvgIpc) is 3.70. The Labute approximate surface area is 222 Å². The molecular formula is C27H26F3N7O2. The molecule has 6 rings (SSSR count). The second kappa shape index (κ2) is 9.51. The summed E-state index contributed by atoms with van der Waals surface area (Å²) >= 11 is 0. The molecule has 1 aliphatic heterocycles. The number of halogens is 3. The first-order chi connectivity index (χ1) is 18.7. The number of benzene rings is 1. The van der Waals surface area contributed by atoms with Crippen molar-refractivity contribution < 1.29 is 22.6 Å². The maximum atomic E-state index is 13.1. The zero-order valence-corrected chi connectivity index (χ0v) is 21.6. The number of anilines is 1. The largest absolute Gasteiger partial charge is 0.486 e. The molecule has 0 saturated heterocycles.